The van der Waals surface area contributed by atoms with E-state index >= 15 is 0 Å². The van der Waals surface area contributed by atoms with Crippen LogP contribution < -0.4 is 0 Å². The van der Waals surface area contributed by atoms with Crippen LogP contribution in [-0.4, -0.2) is 25.8 Å². The molecule has 15 heavy (non-hydrogen) atoms. The van der Waals surface area contributed by atoms with Gasteiger partial charge in [0.1, 0.15) is 0 Å². The van der Waals surface area contributed by atoms with Crippen molar-refractivity contribution in [3.05, 3.63) is 23.1 Å². The summed E-state index contributed by atoms with van der Waals surface area (Å²) in [6, 6.07) is 0. The topological polar surface area (TPSA) is 68.0 Å². The van der Waals surface area contributed by atoms with Gasteiger partial charge in [-0.25, -0.2) is 9.78 Å². The first-order valence-corrected chi connectivity index (χ1v) is 5.09. The summed E-state index contributed by atoms with van der Waals surface area (Å²) in [4.78, 5) is 15.6. The normalized spacial score (nSPS) is 10.5. The number of aromatic carboxylic acids is 1. The van der Waals surface area contributed by atoms with Crippen molar-refractivity contribution in [1.82, 2.24) is 14.8 Å². The summed E-state index contributed by atoms with van der Waals surface area (Å²) in [7, 11) is 1.82. The Morgan fingerprint density at radius 3 is 2.80 bits per heavy atom. The second-order valence-electron chi connectivity index (χ2n) is 3.14. The number of hydrogen-bond donors (Lipinski definition) is 1. The number of aryl methyl sites for hydroxylation is 2. The maximum absolute atomic E-state index is 10.7. The van der Waals surface area contributed by atoms with E-state index in [2.05, 4.69) is 10.1 Å². The van der Waals surface area contributed by atoms with Crippen molar-refractivity contribution >= 4 is 17.3 Å². The summed E-state index contributed by atoms with van der Waals surface area (Å²) in [5, 5.41) is 13.0. The molecule has 2 rings (SSSR count). The molecular weight excluding hydrogens is 214 g/mol. The van der Waals surface area contributed by atoms with Crippen LogP contribution in [0.25, 0.3) is 10.4 Å². The van der Waals surface area contributed by atoms with Crippen molar-refractivity contribution in [1.29, 1.82) is 0 Å². The lowest BCUT2D eigenvalue weighted by Gasteiger charge is -1.90. The molecule has 0 aliphatic carbocycles. The average molecular weight is 223 g/mol. The quantitative estimate of drug-likeness (QED) is 0.838. The molecule has 0 bridgehead atoms. The number of aromatic nitrogens is 3. The van der Waals surface area contributed by atoms with Gasteiger partial charge < -0.3 is 5.11 Å². The maximum Gasteiger partial charge on any atom is 0.365 e. The lowest BCUT2D eigenvalue weighted by atomic mass is 10.2. The predicted octanol–water partition coefficient (Wildman–Crippen LogP) is 1.55. The molecule has 0 aromatic carbocycles. The molecule has 78 valence electrons. The highest BCUT2D eigenvalue weighted by Gasteiger charge is 2.15. The van der Waals surface area contributed by atoms with Crippen LogP contribution in [0.4, 0.5) is 0 Å². The van der Waals surface area contributed by atoms with E-state index in [1.165, 1.54) is 11.3 Å². The summed E-state index contributed by atoms with van der Waals surface area (Å²) in [5.41, 5.74) is 1.63. The zero-order valence-corrected chi connectivity index (χ0v) is 9.08. The molecule has 0 saturated carbocycles. The molecule has 6 heteroatoms. The Hall–Kier alpha value is -1.69. The lowest BCUT2D eigenvalue weighted by Crippen LogP contribution is -1.93. The van der Waals surface area contributed by atoms with Crippen molar-refractivity contribution < 1.29 is 9.90 Å². The number of thiazole rings is 1. The van der Waals surface area contributed by atoms with Gasteiger partial charge in [0.05, 0.1) is 16.8 Å². The fourth-order valence-corrected chi connectivity index (χ4v) is 2.17. The van der Waals surface area contributed by atoms with E-state index in [-0.39, 0.29) is 5.01 Å². The highest BCUT2D eigenvalue weighted by atomic mass is 32.1. The summed E-state index contributed by atoms with van der Waals surface area (Å²) in [6.45, 7) is 1.80. The average Bonchev–Trinajstić information content (AvgIpc) is 2.71. The molecule has 0 spiro atoms. The third-order valence-electron chi connectivity index (χ3n) is 1.95. The number of carbonyl (C=O) groups is 1. The number of carboxylic acid groups (broad SMARTS) is 1. The molecule has 0 radical (unpaired) electrons. The molecule has 0 aliphatic rings. The number of rotatable bonds is 2. The van der Waals surface area contributed by atoms with E-state index in [9.17, 15) is 4.79 Å². The van der Waals surface area contributed by atoms with Gasteiger partial charge in [-0.3, -0.25) is 4.68 Å². The summed E-state index contributed by atoms with van der Waals surface area (Å²) in [6.07, 6.45) is 3.54. The van der Waals surface area contributed by atoms with Crippen LogP contribution in [0.3, 0.4) is 0 Å². The van der Waals surface area contributed by atoms with Gasteiger partial charge in [-0.1, -0.05) is 0 Å². The minimum Gasteiger partial charge on any atom is -0.476 e. The van der Waals surface area contributed by atoms with Crippen molar-refractivity contribution in [3.8, 4) is 10.4 Å². The van der Waals surface area contributed by atoms with Gasteiger partial charge in [0.15, 0.2) is 0 Å². The van der Waals surface area contributed by atoms with E-state index in [4.69, 9.17) is 5.11 Å². The molecule has 0 aliphatic heterocycles. The predicted molar refractivity (Wildman–Crippen MR) is 56.0 cm³/mol. The summed E-state index contributed by atoms with van der Waals surface area (Å²) in [5.74, 6) is -0.988. The van der Waals surface area contributed by atoms with Crippen LogP contribution in [0, 0.1) is 6.92 Å². The monoisotopic (exact) mass is 223 g/mol. The molecule has 5 nitrogen and oxygen atoms in total. The first-order chi connectivity index (χ1) is 7.08. The third-order valence-corrected chi connectivity index (χ3v) is 3.14. The fraction of sp³-hybridized carbons (Fsp3) is 0.222. The Morgan fingerprint density at radius 2 is 2.33 bits per heavy atom. The number of carboxylic acids is 1. The second-order valence-corrected chi connectivity index (χ2v) is 4.14. The highest BCUT2D eigenvalue weighted by molar-refractivity contribution is 7.17. The van der Waals surface area contributed by atoms with Gasteiger partial charge in [-0.05, 0) is 6.92 Å². The molecule has 2 aromatic heterocycles. The minimum atomic E-state index is -0.988. The number of nitrogens with zero attached hydrogens (tertiary/aromatic N) is 3. The van der Waals surface area contributed by atoms with Crippen molar-refractivity contribution in [2.45, 2.75) is 6.92 Å². The number of hydrogen-bond acceptors (Lipinski definition) is 4. The fourth-order valence-electron chi connectivity index (χ4n) is 1.29. The Balaban J connectivity index is 2.49. The molecular formula is C9H9N3O2S. The molecule has 0 unspecified atom stereocenters. The molecule has 0 atom stereocenters. The van der Waals surface area contributed by atoms with Gasteiger partial charge in [-0.15, -0.1) is 11.3 Å². The Kier molecular flexibility index (Phi) is 2.28. The first kappa shape index (κ1) is 9.85. The van der Waals surface area contributed by atoms with Gasteiger partial charge in [0.2, 0.25) is 5.01 Å². The van der Waals surface area contributed by atoms with Crippen LogP contribution >= 0.6 is 11.3 Å². The SMILES string of the molecule is Cc1nc(C(=O)O)sc1-c1cnn(C)c1. The Bertz CT molecular complexity index is 515. The van der Waals surface area contributed by atoms with Crippen LogP contribution in [0.1, 0.15) is 15.5 Å². The zero-order chi connectivity index (χ0) is 11.0. The van der Waals surface area contributed by atoms with Crippen molar-refractivity contribution in [3.63, 3.8) is 0 Å². The van der Waals surface area contributed by atoms with E-state index < -0.39 is 5.97 Å². The second kappa shape index (κ2) is 3.47. The maximum atomic E-state index is 10.7. The van der Waals surface area contributed by atoms with E-state index in [1.54, 1.807) is 17.8 Å². The Morgan fingerprint density at radius 1 is 1.60 bits per heavy atom. The van der Waals surface area contributed by atoms with Crippen molar-refractivity contribution in [2.24, 2.45) is 7.05 Å². The highest BCUT2D eigenvalue weighted by Crippen LogP contribution is 2.29. The van der Waals surface area contributed by atoms with Crippen LogP contribution in [0.2, 0.25) is 0 Å². The Labute approximate surface area is 90.0 Å². The molecule has 1 N–H and O–H groups in total. The minimum absolute atomic E-state index is 0.117. The van der Waals surface area contributed by atoms with E-state index in [0.717, 1.165) is 16.1 Å². The van der Waals surface area contributed by atoms with Gasteiger partial charge >= 0.3 is 5.97 Å². The van der Waals surface area contributed by atoms with Crippen molar-refractivity contribution in [2.75, 3.05) is 0 Å². The molecule has 0 fully saturated rings. The van der Waals surface area contributed by atoms with Crippen LogP contribution in [0.15, 0.2) is 12.4 Å². The summed E-state index contributed by atoms with van der Waals surface area (Å²) < 4.78 is 1.68. The molecule has 2 aromatic rings. The zero-order valence-electron chi connectivity index (χ0n) is 8.26. The van der Waals surface area contributed by atoms with Crippen LogP contribution in [-0.2, 0) is 7.05 Å². The van der Waals surface area contributed by atoms with Gasteiger partial charge in [0, 0.05) is 18.8 Å². The van der Waals surface area contributed by atoms with Crippen LogP contribution in [0.5, 0.6) is 0 Å². The first-order valence-electron chi connectivity index (χ1n) is 4.27. The van der Waals surface area contributed by atoms with Gasteiger partial charge in [0.25, 0.3) is 0 Å². The smallest absolute Gasteiger partial charge is 0.365 e. The standard InChI is InChI=1S/C9H9N3O2S/c1-5-7(6-3-10-12(2)4-6)15-8(11-5)9(13)14/h3-4H,1-2H3,(H,13,14). The third kappa shape index (κ3) is 1.75. The molecule has 0 amide bonds. The molecule has 0 saturated heterocycles. The van der Waals surface area contributed by atoms with E-state index in [0.29, 0.717) is 0 Å². The largest absolute Gasteiger partial charge is 0.476 e. The van der Waals surface area contributed by atoms with Gasteiger partial charge in [-0.2, -0.15) is 5.10 Å². The lowest BCUT2D eigenvalue weighted by molar-refractivity contribution is 0.0696. The summed E-state index contributed by atoms with van der Waals surface area (Å²) >= 11 is 1.17. The van der Waals surface area contributed by atoms with E-state index in [1.807, 2.05) is 13.2 Å². The molecule has 2 heterocycles.